The largest absolute Gasteiger partial charge is 0.300 e. The van der Waals surface area contributed by atoms with Gasteiger partial charge in [0.05, 0.1) is 0 Å². The Hall–Kier alpha value is -3.63. The van der Waals surface area contributed by atoms with Crippen LogP contribution >= 0.6 is 0 Å². The van der Waals surface area contributed by atoms with Crippen LogP contribution in [0.3, 0.4) is 0 Å². The molecule has 0 saturated carbocycles. The Labute approximate surface area is 243 Å². The van der Waals surface area contributed by atoms with E-state index in [-0.39, 0.29) is 5.78 Å². The lowest BCUT2D eigenvalue weighted by atomic mass is 10.1. The Morgan fingerprint density at radius 1 is 0.846 bits per heavy atom. The SMILES string of the molecule is C#CC(=C)C(/C=C\C)=C/C.C=C.C=C(C)c1ccccc1.CC(=O)CCc1ccccc1.CCC.CCCC. The summed E-state index contributed by atoms with van der Waals surface area (Å²) in [5.74, 6) is 2.74. The fourth-order valence-electron chi connectivity index (χ4n) is 2.32. The number of carbonyl (C=O) groups excluding carboxylic acids is 1. The van der Waals surface area contributed by atoms with Crippen molar-refractivity contribution in [2.45, 2.75) is 87.5 Å². The number of terminal acetylenes is 1. The van der Waals surface area contributed by atoms with Gasteiger partial charge >= 0.3 is 0 Å². The highest BCUT2D eigenvalue weighted by atomic mass is 16.1. The number of carbonyl (C=O) groups is 1. The quantitative estimate of drug-likeness (QED) is 0.198. The third-order valence-corrected chi connectivity index (χ3v) is 4.56. The summed E-state index contributed by atoms with van der Waals surface area (Å²) in [7, 11) is 0. The molecule has 0 saturated heterocycles. The first-order valence-corrected chi connectivity index (χ1v) is 13.9. The van der Waals surface area contributed by atoms with E-state index in [2.05, 4.69) is 72.1 Å². The van der Waals surface area contributed by atoms with Gasteiger partial charge in [0.1, 0.15) is 5.78 Å². The summed E-state index contributed by atoms with van der Waals surface area (Å²) in [6.07, 6.45) is 16.4. The summed E-state index contributed by atoms with van der Waals surface area (Å²) in [5, 5.41) is 0. The summed E-state index contributed by atoms with van der Waals surface area (Å²) in [6.45, 7) is 29.7. The molecule has 0 radical (unpaired) electrons. The number of rotatable bonds is 7. The van der Waals surface area contributed by atoms with Crippen LogP contribution in [0.25, 0.3) is 5.57 Å². The minimum atomic E-state index is 0.258. The maximum atomic E-state index is 10.6. The molecule has 2 aromatic rings. The van der Waals surface area contributed by atoms with E-state index in [1.807, 2.05) is 87.5 Å². The zero-order valence-electron chi connectivity index (χ0n) is 26.4. The average Bonchev–Trinajstić information content (AvgIpc) is 2.97. The summed E-state index contributed by atoms with van der Waals surface area (Å²) < 4.78 is 0. The predicted octanol–water partition coefficient (Wildman–Crippen LogP) is 11.7. The van der Waals surface area contributed by atoms with Gasteiger partial charge in [-0.1, -0.05) is 151 Å². The third-order valence-electron chi connectivity index (χ3n) is 4.56. The van der Waals surface area contributed by atoms with Crippen molar-refractivity contribution >= 4 is 11.4 Å². The first kappa shape index (κ1) is 42.5. The van der Waals surface area contributed by atoms with E-state index >= 15 is 0 Å². The molecule has 0 spiro atoms. The molecule has 0 amide bonds. The normalized spacial score (nSPS) is 9.05. The molecule has 0 aromatic heterocycles. The van der Waals surface area contributed by atoms with Crippen LogP contribution in [-0.4, -0.2) is 5.78 Å². The Morgan fingerprint density at radius 2 is 1.28 bits per heavy atom. The Morgan fingerprint density at radius 3 is 1.56 bits per heavy atom. The highest BCUT2D eigenvalue weighted by Gasteiger charge is 1.94. The van der Waals surface area contributed by atoms with E-state index in [1.54, 1.807) is 6.92 Å². The van der Waals surface area contributed by atoms with E-state index in [4.69, 9.17) is 6.42 Å². The predicted molar refractivity (Wildman–Crippen MR) is 181 cm³/mol. The van der Waals surface area contributed by atoms with Gasteiger partial charge in [-0.3, -0.25) is 0 Å². The Bertz CT molecular complexity index is 935. The Balaban J connectivity index is -0.000000205. The molecule has 1 heteroatoms. The van der Waals surface area contributed by atoms with Gasteiger partial charge in [0.2, 0.25) is 0 Å². The molecule has 39 heavy (non-hydrogen) atoms. The van der Waals surface area contributed by atoms with Crippen LogP contribution in [0.5, 0.6) is 0 Å². The smallest absolute Gasteiger partial charge is 0.130 e. The highest BCUT2D eigenvalue weighted by Crippen LogP contribution is 2.09. The van der Waals surface area contributed by atoms with Gasteiger partial charge < -0.3 is 4.79 Å². The number of ketones is 1. The van der Waals surface area contributed by atoms with Gasteiger partial charge in [0, 0.05) is 12.0 Å². The van der Waals surface area contributed by atoms with Crippen molar-refractivity contribution in [2.75, 3.05) is 0 Å². The van der Waals surface area contributed by atoms with E-state index in [0.717, 1.165) is 23.1 Å². The van der Waals surface area contributed by atoms with Crippen LogP contribution < -0.4 is 0 Å². The van der Waals surface area contributed by atoms with E-state index < -0.39 is 0 Å². The van der Waals surface area contributed by atoms with Gasteiger partial charge in [-0.15, -0.1) is 19.6 Å². The van der Waals surface area contributed by atoms with E-state index in [9.17, 15) is 4.79 Å². The van der Waals surface area contributed by atoms with Crippen LogP contribution in [0.1, 0.15) is 92.2 Å². The van der Waals surface area contributed by atoms with Gasteiger partial charge in [0.15, 0.2) is 0 Å². The second kappa shape index (κ2) is 34.4. The van der Waals surface area contributed by atoms with Crippen molar-refractivity contribution < 1.29 is 4.79 Å². The molecule has 1 nitrogen and oxygen atoms in total. The maximum absolute atomic E-state index is 10.6. The van der Waals surface area contributed by atoms with Crippen molar-refractivity contribution in [1.82, 2.24) is 0 Å². The lowest BCUT2D eigenvalue weighted by Gasteiger charge is -1.96. The van der Waals surface area contributed by atoms with E-state index in [0.29, 0.717) is 6.42 Å². The van der Waals surface area contributed by atoms with Crippen molar-refractivity contribution in [2.24, 2.45) is 0 Å². The summed E-state index contributed by atoms with van der Waals surface area (Å²) in [5.41, 5.74) is 5.33. The standard InChI is InChI=1S/C10H12O.C10H12.C9H10.C4H10.C3H8.C2H4/c1-9(11)7-8-10-5-3-2-4-6-10;1-5-8-10(7-3)9(4)6-2;1-8(2)9-6-4-3-5-7-9;1-3-4-2;1-3-2;1-2/h2-6H,7-8H2,1H3;2,5,7-8H,4H2,1,3H3;3-7H,1H2,2H3;3-4H2,1-2H3;3H2,1-2H3;1-2H2/b;8-5-,10-7+;;;;. The van der Waals surface area contributed by atoms with E-state index in [1.165, 1.54) is 30.4 Å². The van der Waals surface area contributed by atoms with Gasteiger partial charge in [-0.2, -0.15) is 0 Å². The third kappa shape index (κ3) is 32.3. The monoisotopic (exact) mass is 528 g/mol. The van der Waals surface area contributed by atoms with Gasteiger partial charge in [-0.25, -0.2) is 0 Å². The number of allylic oxidation sites excluding steroid dienone is 6. The van der Waals surface area contributed by atoms with Crippen LogP contribution in [0, 0.1) is 12.3 Å². The van der Waals surface area contributed by atoms with Crippen LogP contribution in [0.2, 0.25) is 0 Å². The number of unbranched alkanes of at least 4 members (excludes halogenated alkanes) is 1. The molecule has 0 heterocycles. The summed E-state index contributed by atoms with van der Waals surface area (Å²) in [6, 6.07) is 20.2. The highest BCUT2D eigenvalue weighted by molar-refractivity contribution is 5.75. The fourth-order valence-corrected chi connectivity index (χ4v) is 2.32. The van der Waals surface area contributed by atoms with Gasteiger partial charge in [-0.05, 0) is 50.8 Å². The fraction of sp³-hybridized carbons (Fsp3) is 0.342. The molecule has 2 aromatic carbocycles. The lowest BCUT2D eigenvalue weighted by Crippen LogP contribution is -1.92. The average molecular weight is 529 g/mol. The van der Waals surface area contributed by atoms with Crippen molar-refractivity contribution in [3.05, 3.63) is 127 Å². The minimum absolute atomic E-state index is 0.258. The number of benzene rings is 2. The lowest BCUT2D eigenvalue weighted by molar-refractivity contribution is -0.116. The minimum Gasteiger partial charge on any atom is -0.300 e. The molecule has 0 atom stereocenters. The first-order chi connectivity index (χ1) is 18.7. The number of Topliss-reactive ketones (excluding diaryl/α,β-unsaturated/α-hetero) is 1. The molecule has 0 bridgehead atoms. The number of aryl methyl sites for hydroxylation is 1. The van der Waals surface area contributed by atoms with Crippen LogP contribution in [-0.2, 0) is 11.2 Å². The second-order valence-corrected chi connectivity index (χ2v) is 8.41. The van der Waals surface area contributed by atoms with Gasteiger partial charge in [0.25, 0.3) is 0 Å². The molecule has 0 aliphatic heterocycles. The Kier molecular flexibility index (Phi) is 37.4. The summed E-state index contributed by atoms with van der Waals surface area (Å²) >= 11 is 0. The molecule has 0 unspecified atom stereocenters. The molecule has 214 valence electrons. The van der Waals surface area contributed by atoms with Crippen molar-refractivity contribution in [3.63, 3.8) is 0 Å². The molecule has 0 N–H and O–H groups in total. The molecular formula is C38H56O. The molecule has 0 fully saturated rings. The van der Waals surface area contributed by atoms with Crippen LogP contribution in [0.15, 0.2) is 116 Å². The first-order valence-electron chi connectivity index (χ1n) is 13.9. The van der Waals surface area contributed by atoms with Crippen molar-refractivity contribution in [1.29, 1.82) is 0 Å². The topological polar surface area (TPSA) is 17.1 Å². The number of hydrogen-bond acceptors (Lipinski definition) is 1. The summed E-state index contributed by atoms with van der Waals surface area (Å²) in [4.78, 5) is 10.6. The molecule has 0 aliphatic rings. The van der Waals surface area contributed by atoms with Crippen LogP contribution in [0.4, 0.5) is 0 Å². The zero-order chi connectivity index (χ0) is 30.9. The van der Waals surface area contributed by atoms with Crippen molar-refractivity contribution in [3.8, 4) is 12.3 Å². The zero-order valence-corrected chi connectivity index (χ0v) is 26.4. The second-order valence-electron chi connectivity index (χ2n) is 8.41. The molecule has 0 aliphatic carbocycles. The molecule has 2 rings (SSSR count). The molecular weight excluding hydrogens is 472 g/mol. The maximum Gasteiger partial charge on any atom is 0.130 e. The number of hydrogen-bond donors (Lipinski definition) is 0.